The van der Waals surface area contributed by atoms with Crippen molar-refractivity contribution in [2.24, 2.45) is 0 Å². The van der Waals surface area contributed by atoms with Crippen LogP contribution in [0.3, 0.4) is 0 Å². The lowest BCUT2D eigenvalue weighted by Crippen LogP contribution is -2.42. The number of carbonyl (C=O) groups is 3. The SMILES string of the molecule is CCN(Cc1ccc(OCCc2nc(-c3ccccc3)oc2C)cc1)C(=O)NCc1ccccc1.Cc1oc(-c2ccccc2)nc1CCOc1ccc(CN(CC(=O)O)C(=O)NCc2ccccc2)cc1. The van der Waals surface area contributed by atoms with Crippen LogP contribution in [0.15, 0.2) is 179 Å². The van der Waals surface area contributed by atoms with Gasteiger partial charge >= 0.3 is 18.0 Å². The number of ether oxygens (including phenoxy) is 2. The minimum Gasteiger partial charge on any atom is -0.493 e. The van der Waals surface area contributed by atoms with Crippen molar-refractivity contribution in [1.29, 1.82) is 0 Å². The molecule has 0 unspecified atom stereocenters. The quantitative estimate of drug-likeness (QED) is 0.0629. The Hall–Kier alpha value is -8.65. The molecule has 14 nitrogen and oxygen atoms in total. The largest absolute Gasteiger partial charge is 0.493 e. The molecule has 0 aliphatic carbocycles. The van der Waals surface area contributed by atoms with Gasteiger partial charge in [-0.1, -0.05) is 121 Å². The summed E-state index contributed by atoms with van der Waals surface area (Å²) in [5.41, 5.74) is 7.51. The van der Waals surface area contributed by atoms with E-state index in [0.29, 0.717) is 69.8 Å². The van der Waals surface area contributed by atoms with E-state index in [1.807, 2.05) is 178 Å². The average molecular weight is 969 g/mol. The molecule has 0 bridgehead atoms. The second kappa shape index (κ2) is 26.4. The topological polar surface area (TPSA) is 172 Å². The highest BCUT2D eigenvalue weighted by molar-refractivity contribution is 5.80. The molecule has 8 aromatic rings. The Morgan fingerprint density at radius 3 is 1.28 bits per heavy atom. The number of rotatable bonds is 21. The van der Waals surface area contributed by atoms with Gasteiger partial charge in [-0.2, -0.15) is 0 Å². The fourth-order valence-corrected chi connectivity index (χ4v) is 7.54. The molecular weight excluding hydrogens is 909 g/mol. The Labute approximate surface area is 420 Å². The van der Waals surface area contributed by atoms with Crippen molar-refractivity contribution in [3.8, 4) is 34.4 Å². The van der Waals surface area contributed by atoms with Gasteiger partial charge in [0, 0.05) is 56.7 Å². The number of nitrogens with one attached hydrogen (secondary N) is 2. The van der Waals surface area contributed by atoms with Crippen molar-refractivity contribution < 1.29 is 37.8 Å². The van der Waals surface area contributed by atoms with Gasteiger partial charge in [0.15, 0.2) is 0 Å². The fourth-order valence-electron chi connectivity index (χ4n) is 7.54. The third-order valence-corrected chi connectivity index (χ3v) is 11.5. The lowest BCUT2D eigenvalue weighted by atomic mass is 10.2. The van der Waals surface area contributed by atoms with Gasteiger partial charge in [0.25, 0.3) is 0 Å². The first-order valence-corrected chi connectivity index (χ1v) is 23.9. The summed E-state index contributed by atoms with van der Waals surface area (Å²) in [5.74, 6) is 3.19. The predicted octanol–water partition coefficient (Wildman–Crippen LogP) is 11.1. The van der Waals surface area contributed by atoms with E-state index in [1.54, 1.807) is 17.0 Å². The zero-order valence-corrected chi connectivity index (χ0v) is 40.8. The monoisotopic (exact) mass is 968 g/mol. The van der Waals surface area contributed by atoms with Gasteiger partial charge in [0.05, 0.1) is 24.6 Å². The summed E-state index contributed by atoms with van der Waals surface area (Å²) >= 11 is 0. The summed E-state index contributed by atoms with van der Waals surface area (Å²) in [6.07, 6.45) is 1.26. The van der Waals surface area contributed by atoms with E-state index in [1.165, 1.54) is 4.90 Å². The third-order valence-electron chi connectivity index (χ3n) is 11.5. The molecule has 0 aliphatic rings. The molecule has 0 spiro atoms. The molecule has 0 atom stereocenters. The van der Waals surface area contributed by atoms with Gasteiger partial charge < -0.3 is 43.8 Å². The molecule has 0 fully saturated rings. The van der Waals surface area contributed by atoms with Crippen LogP contribution in [0.25, 0.3) is 22.9 Å². The second-order valence-corrected chi connectivity index (χ2v) is 16.8. The van der Waals surface area contributed by atoms with E-state index in [9.17, 15) is 19.5 Å². The standard InChI is InChI=1S/C29H29N3O5.C29H31N3O3/c1-21-26(31-28(37-21)24-10-6-3-7-11-24)16-17-36-25-14-12-23(13-15-25)19-32(20-27(33)34)29(35)30-18-22-8-4-2-5-9-22;1-3-32(29(33)30-20-23-10-6-4-7-11-23)21-24-14-16-26(17-15-24)34-19-18-27-22(2)35-28(31-27)25-12-8-5-9-13-25/h2-15H,16-20H2,1H3,(H,30,35)(H,33,34);4-17H,3,18-21H2,1-2H3,(H,30,33). The number of carbonyl (C=O) groups excluding carboxylic acids is 2. The van der Waals surface area contributed by atoms with E-state index in [2.05, 4.69) is 20.6 Å². The summed E-state index contributed by atoms with van der Waals surface area (Å²) < 4.78 is 23.4. The van der Waals surface area contributed by atoms with Crippen LogP contribution in [-0.2, 0) is 43.8 Å². The predicted molar refractivity (Wildman–Crippen MR) is 276 cm³/mol. The molecule has 0 saturated carbocycles. The first-order valence-electron chi connectivity index (χ1n) is 23.9. The molecular formula is C58H60N6O8. The molecule has 14 heteroatoms. The summed E-state index contributed by atoms with van der Waals surface area (Å²) in [4.78, 5) is 48.8. The molecule has 6 aromatic carbocycles. The Kier molecular flexibility index (Phi) is 18.7. The van der Waals surface area contributed by atoms with Crippen LogP contribution in [0, 0.1) is 13.8 Å². The number of carboxylic acids is 1. The van der Waals surface area contributed by atoms with Gasteiger partial charge in [-0.15, -0.1) is 0 Å². The van der Waals surface area contributed by atoms with Gasteiger partial charge in [0.2, 0.25) is 11.8 Å². The van der Waals surface area contributed by atoms with Gasteiger partial charge in [-0.05, 0) is 91.6 Å². The third kappa shape index (κ3) is 15.7. The molecule has 0 aliphatic heterocycles. The summed E-state index contributed by atoms with van der Waals surface area (Å²) in [6, 6.07) is 53.6. The number of benzene rings is 6. The number of hydrogen-bond acceptors (Lipinski definition) is 9. The lowest BCUT2D eigenvalue weighted by Gasteiger charge is -2.21. The molecule has 72 heavy (non-hydrogen) atoms. The van der Waals surface area contributed by atoms with Crippen molar-refractivity contribution in [2.45, 2.75) is 59.8 Å². The molecule has 2 heterocycles. The Morgan fingerprint density at radius 1 is 0.514 bits per heavy atom. The van der Waals surface area contributed by atoms with Crippen molar-refractivity contribution in [3.63, 3.8) is 0 Å². The number of aliphatic carboxylic acids is 1. The van der Waals surface area contributed by atoms with E-state index < -0.39 is 18.5 Å². The van der Waals surface area contributed by atoms with Gasteiger partial charge in [0.1, 0.15) is 29.6 Å². The Balaban J connectivity index is 0.000000212. The molecule has 370 valence electrons. The fraction of sp³-hybridized carbons (Fsp3) is 0.224. The lowest BCUT2D eigenvalue weighted by molar-refractivity contribution is -0.137. The highest BCUT2D eigenvalue weighted by atomic mass is 16.5. The summed E-state index contributed by atoms with van der Waals surface area (Å²) in [6.45, 7) is 8.49. The van der Waals surface area contributed by atoms with Crippen molar-refractivity contribution in [3.05, 3.63) is 215 Å². The minimum absolute atomic E-state index is 0.0745. The maximum atomic E-state index is 12.6. The molecule has 4 amide bonds. The number of amides is 4. The smallest absolute Gasteiger partial charge is 0.323 e. The summed E-state index contributed by atoms with van der Waals surface area (Å²) in [7, 11) is 0. The van der Waals surface area contributed by atoms with Crippen molar-refractivity contribution >= 4 is 18.0 Å². The van der Waals surface area contributed by atoms with Crippen molar-refractivity contribution in [2.75, 3.05) is 26.3 Å². The van der Waals surface area contributed by atoms with E-state index in [4.69, 9.17) is 18.3 Å². The first-order chi connectivity index (χ1) is 35.1. The normalized spacial score (nSPS) is 10.7. The van der Waals surface area contributed by atoms with Crippen LogP contribution in [0.4, 0.5) is 9.59 Å². The second-order valence-electron chi connectivity index (χ2n) is 16.8. The molecule has 3 N–H and O–H groups in total. The summed E-state index contributed by atoms with van der Waals surface area (Å²) in [5, 5.41) is 15.0. The number of hydrogen-bond donors (Lipinski definition) is 3. The van der Waals surface area contributed by atoms with Gasteiger partial charge in [-0.25, -0.2) is 19.6 Å². The van der Waals surface area contributed by atoms with Crippen molar-refractivity contribution in [1.82, 2.24) is 30.4 Å². The maximum Gasteiger partial charge on any atom is 0.323 e. The highest BCUT2D eigenvalue weighted by Gasteiger charge is 2.18. The number of aromatic nitrogens is 2. The number of nitrogens with zero attached hydrogens (tertiary/aromatic N) is 4. The zero-order valence-electron chi connectivity index (χ0n) is 40.8. The van der Waals surface area contributed by atoms with E-state index in [-0.39, 0.29) is 12.6 Å². The average Bonchev–Trinajstić information content (AvgIpc) is 3.98. The molecule has 0 saturated heterocycles. The van der Waals surface area contributed by atoms with E-state index in [0.717, 1.165) is 62.0 Å². The number of urea groups is 2. The zero-order chi connectivity index (χ0) is 50.5. The van der Waals surface area contributed by atoms with Crippen LogP contribution in [-0.4, -0.2) is 69.2 Å². The van der Waals surface area contributed by atoms with Gasteiger partial charge in [-0.3, -0.25) is 4.79 Å². The van der Waals surface area contributed by atoms with Crippen LogP contribution in [0.5, 0.6) is 11.5 Å². The highest BCUT2D eigenvalue weighted by Crippen LogP contribution is 2.24. The first kappa shape index (κ1) is 51.2. The number of carboxylic acid groups (broad SMARTS) is 1. The Bertz CT molecular complexity index is 2910. The van der Waals surface area contributed by atoms with Crippen LogP contribution >= 0.6 is 0 Å². The molecule has 2 aromatic heterocycles. The van der Waals surface area contributed by atoms with Crippen LogP contribution in [0.2, 0.25) is 0 Å². The molecule has 0 radical (unpaired) electrons. The number of aryl methyl sites for hydroxylation is 2. The maximum absolute atomic E-state index is 12.6. The minimum atomic E-state index is -1.08. The Morgan fingerprint density at radius 2 is 0.889 bits per heavy atom. The molecule has 8 rings (SSSR count). The van der Waals surface area contributed by atoms with Crippen LogP contribution < -0.4 is 20.1 Å². The van der Waals surface area contributed by atoms with E-state index >= 15 is 0 Å². The van der Waals surface area contributed by atoms with Crippen LogP contribution in [0.1, 0.15) is 52.1 Å². The number of oxazole rings is 2.